The fourth-order valence-corrected chi connectivity index (χ4v) is 6.06. The number of aromatic nitrogens is 3. The Morgan fingerprint density at radius 2 is 1.09 bits per heavy atom. The third-order valence-electron chi connectivity index (χ3n) is 8.65. The Labute approximate surface area is 319 Å². The van der Waals surface area contributed by atoms with Gasteiger partial charge in [0.2, 0.25) is 17.8 Å². The lowest BCUT2D eigenvalue weighted by molar-refractivity contribution is 0.111. The molecule has 19 heteroatoms. The molecule has 0 aliphatic carbocycles. The van der Waals surface area contributed by atoms with Crippen molar-refractivity contribution in [1.29, 1.82) is 0 Å². The highest BCUT2D eigenvalue weighted by molar-refractivity contribution is 7.45. The topological polar surface area (TPSA) is 218 Å². The van der Waals surface area contributed by atoms with Gasteiger partial charge in [0, 0.05) is 51.5 Å². The molecule has 0 bridgehead atoms. The molecule has 2 unspecified atom stereocenters. The fourth-order valence-electron chi connectivity index (χ4n) is 6.06. The molecule has 3 aromatic carbocycles. The number of hydrogen-bond donors (Lipinski definition) is 5. The van der Waals surface area contributed by atoms with Gasteiger partial charge in [-0.25, -0.2) is 4.57 Å². The van der Waals surface area contributed by atoms with Crippen molar-refractivity contribution in [2.24, 2.45) is 0 Å². The van der Waals surface area contributed by atoms with Gasteiger partial charge in [0.25, 0.3) is 0 Å². The summed E-state index contributed by atoms with van der Waals surface area (Å²) in [6, 6.07) is 15.4. The second-order valence-corrected chi connectivity index (χ2v) is 12.8. The standard InChI is InChI=1S/C36H46N6O8.H3O4P/c1-43-26-13-9-11-24(32(26)49-7)30(47-5)19-37-34-39-35(38-20-31(48-6)25-12-10-14-27(44-2)33(25)50-8)41-36(40-34)42-16-15-22-17-28(45-3)29(46-4)18-23(22)21-42;1-5(2,3)4/h9-14,17-18,30-31H,15-16,19-21H2,1-8H3,(H2,37,38,39,40,41);(H3,1,2,3,4). The van der Waals surface area contributed by atoms with E-state index in [9.17, 15) is 0 Å². The van der Waals surface area contributed by atoms with E-state index in [1.807, 2.05) is 48.5 Å². The summed E-state index contributed by atoms with van der Waals surface area (Å²) in [4.78, 5) is 38.1. The van der Waals surface area contributed by atoms with Crippen molar-refractivity contribution in [2.45, 2.75) is 25.2 Å². The molecule has 1 aliphatic rings. The van der Waals surface area contributed by atoms with Crippen LogP contribution in [0, 0.1) is 0 Å². The lowest BCUT2D eigenvalue weighted by atomic mass is 9.99. The van der Waals surface area contributed by atoms with Crippen LogP contribution in [0.15, 0.2) is 48.5 Å². The van der Waals surface area contributed by atoms with E-state index in [-0.39, 0.29) is 0 Å². The highest BCUT2D eigenvalue weighted by Crippen LogP contribution is 2.38. The summed E-state index contributed by atoms with van der Waals surface area (Å²) in [5.74, 6) is 5.04. The molecule has 5 rings (SSSR count). The molecule has 2 atom stereocenters. The summed E-state index contributed by atoms with van der Waals surface area (Å²) in [5.41, 5.74) is 3.94. The largest absolute Gasteiger partial charge is 0.493 e. The third-order valence-corrected chi connectivity index (χ3v) is 8.65. The molecule has 18 nitrogen and oxygen atoms in total. The number of anilines is 3. The Kier molecular flexibility index (Phi) is 15.5. The van der Waals surface area contributed by atoms with E-state index >= 15 is 0 Å². The van der Waals surface area contributed by atoms with Crippen LogP contribution in [0.2, 0.25) is 0 Å². The first kappa shape index (κ1) is 42.6. The van der Waals surface area contributed by atoms with E-state index in [0.29, 0.717) is 78.5 Å². The summed E-state index contributed by atoms with van der Waals surface area (Å²) in [6.45, 7) is 1.94. The number of nitrogens with one attached hydrogen (secondary N) is 2. The van der Waals surface area contributed by atoms with Crippen LogP contribution in [-0.4, -0.2) is 106 Å². The van der Waals surface area contributed by atoms with Crippen molar-refractivity contribution >= 4 is 25.7 Å². The molecule has 0 radical (unpaired) electrons. The number of ether oxygens (including phenoxy) is 8. The minimum atomic E-state index is -4.64. The number of benzene rings is 3. The van der Waals surface area contributed by atoms with Crippen LogP contribution >= 0.6 is 7.82 Å². The maximum Gasteiger partial charge on any atom is 0.466 e. The average Bonchev–Trinajstić information content (AvgIpc) is 3.19. The molecule has 0 amide bonds. The van der Waals surface area contributed by atoms with Crippen LogP contribution in [0.4, 0.5) is 17.8 Å². The highest BCUT2D eigenvalue weighted by Gasteiger charge is 2.25. The predicted molar refractivity (Wildman–Crippen MR) is 204 cm³/mol. The fraction of sp³-hybridized carbons (Fsp3) is 0.417. The van der Waals surface area contributed by atoms with Crippen LogP contribution in [0.5, 0.6) is 34.5 Å². The Balaban J connectivity index is 0.00000126. The summed E-state index contributed by atoms with van der Waals surface area (Å²) >= 11 is 0. The van der Waals surface area contributed by atoms with Crippen molar-refractivity contribution in [2.75, 3.05) is 92.0 Å². The van der Waals surface area contributed by atoms with E-state index in [0.717, 1.165) is 23.1 Å². The molecule has 0 saturated heterocycles. The van der Waals surface area contributed by atoms with E-state index in [2.05, 4.69) is 15.5 Å². The second-order valence-electron chi connectivity index (χ2n) is 11.8. The van der Waals surface area contributed by atoms with Gasteiger partial charge in [-0.2, -0.15) is 15.0 Å². The zero-order valence-corrected chi connectivity index (χ0v) is 33.0. The van der Waals surface area contributed by atoms with Crippen molar-refractivity contribution in [1.82, 2.24) is 15.0 Å². The maximum absolute atomic E-state index is 8.88. The van der Waals surface area contributed by atoms with Gasteiger partial charge in [-0.15, -0.1) is 0 Å². The molecule has 55 heavy (non-hydrogen) atoms. The van der Waals surface area contributed by atoms with E-state index < -0.39 is 20.0 Å². The number of fused-ring (bicyclic) bond motifs is 1. The normalized spacial score (nSPS) is 13.3. The quantitative estimate of drug-likeness (QED) is 0.0949. The summed E-state index contributed by atoms with van der Waals surface area (Å²) in [7, 11) is 8.34. The smallest absolute Gasteiger partial charge is 0.466 e. The molecule has 2 heterocycles. The van der Waals surface area contributed by atoms with E-state index in [1.165, 1.54) is 5.56 Å². The lowest BCUT2D eigenvalue weighted by Gasteiger charge is -2.30. The third kappa shape index (κ3) is 11.2. The van der Waals surface area contributed by atoms with Gasteiger partial charge in [0.15, 0.2) is 34.5 Å². The number of nitrogens with zero attached hydrogens (tertiary/aromatic N) is 4. The summed E-state index contributed by atoms with van der Waals surface area (Å²) in [6.07, 6.45) is -0.0332. The highest BCUT2D eigenvalue weighted by atomic mass is 31.2. The first-order valence-electron chi connectivity index (χ1n) is 16.9. The molecule has 300 valence electrons. The Morgan fingerprint density at radius 3 is 1.49 bits per heavy atom. The maximum atomic E-state index is 8.88. The van der Waals surface area contributed by atoms with E-state index in [4.69, 9.17) is 72.1 Å². The van der Waals surface area contributed by atoms with E-state index in [1.54, 1.807) is 56.9 Å². The van der Waals surface area contributed by atoms with Gasteiger partial charge < -0.3 is 68.1 Å². The summed E-state index contributed by atoms with van der Waals surface area (Å²) < 4.78 is 54.1. The number of rotatable bonds is 17. The Bertz CT molecular complexity index is 1820. The van der Waals surface area contributed by atoms with Crippen molar-refractivity contribution in [3.8, 4) is 34.5 Å². The van der Waals surface area contributed by atoms with Crippen molar-refractivity contribution in [3.63, 3.8) is 0 Å². The molecule has 1 aliphatic heterocycles. The molecule has 0 spiro atoms. The number of phosphoric acid groups is 1. The zero-order chi connectivity index (χ0) is 40.1. The zero-order valence-electron chi connectivity index (χ0n) is 32.1. The molecule has 5 N–H and O–H groups in total. The van der Waals surface area contributed by atoms with Crippen molar-refractivity contribution in [3.05, 3.63) is 70.8 Å². The van der Waals surface area contributed by atoms with Gasteiger partial charge >= 0.3 is 7.82 Å². The molecule has 1 aromatic heterocycles. The second kappa shape index (κ2) is 20.0. The SMILES string of the molecule is COc1cc2c(cc1OC)CN(c1nc(NCC(OC)c3cccc(OC)c3OC)nc(NCC(OC)c3cccc(OC)c3OC)n1)CC2.O=P(O)(O)O. The van der Waals surface area contributed by atoms with Gasteiger partial charge in [-0.3, -0.25) is 0 Å². The van der Waals surface area contributed by atoms with Crippen LogP contribution in [-0.2, 0) is 27.0 Å². The number of methoxy groups -OCH3 is 8. The van der Waals surface area contributed by atoms with Gasteiger partial charge in [-0.1, -0.05) is 24.3 Å². The minimum absolute atomic E-state index is 0.338. The van der Waals surface area contributed by atoms with Crippen LogP contribution in [0.25, 0.3) is 0 Å². The van der Waals surface area contributed by atoms with Crippen LogP contribution in [0.1, 0.15) is 34.5 Å². The number of hydrogen-bond acceptors (Lipinski definition) is 15. The van der Waals surface area contributed by atoms with Gasteiger partial charge in [-0.05, 0) is 41.8 Å². The van der Waals surface area contributed by atoms with Crippen molar-refractivity contribution < 1.29 is 57.1 Å². The molecular formula is C36H49N6O12P. The Morgan fingerprint density at radius 1 is 0.655 bits per heavy atom. The van der Waals surface area contributed by atoms with Crippen LogP contribution < -0.4 is 44.0 Å². The van der Waals surface area contributed by atoms with Crippen LogP contribution in [0.3, 0.4) is 0 Å². The van der Waals surface area contributed by atoms with Gasteiger partial charge in [0.05, 0.1) is 42.7 Å². The monoisotopic (exact) mass is 788 g/mol. The Hall–Kier alpha value is -5.10. The predicted octanol–water partition coefficient (Wildman–Crippen LogP) is 4.16. The average molecular weight is 789 g/mol. The summed E-state index contributed by atoms with van der Waals surface area (Å²) in [5, 5.41) is 6.73. The first-order chi connectivity index (χ1) is 26.4. The number of para-hydroxylation sites is 2. The minimum Gasteiger partial charge on any atom is -0.493 e. The molecular weight excluding hydrogens is 739 g/mol. The molecule has 4 aromatic rings. The lowest BCUT2D eigenvalue weighted by Crippen LogP contribution is -2.32. The first-order valence-corrected chi connectivity index (χ1v) is 18.5. The molecule has 0 saturated carbocycles. The van der Waals surface area contributed by atoms with Gasteiger partial charge in [0.1, 0.15) is 12.2 Å². The molecule has 0 fully saturated rings.